The van der Waals surface area contributed by atoms with E-state index in [1.54, 1.807) is 6.07 Å². The number of rotatable bonds is 3. The summed E-state index contributed by atoms with van der Waals surface area (Å²) in [4.78, 5) is 25.2. The Kier molecular flexibility index (Phi) is 3.89. The van der Waals surface area contributed by atoms with Gasteiger partial charge >= 0.3 is 6.03 Å². The van der Waals surface area contributed by atoms with Gasteiger partial charge in [-0.2, -0.15) is 0 Å². The van der Waals surface area contributed by atoms with Crippen LogP contribution in [0, 0.1) is 11.6 Å². The molecule has 0 spiro atoms. The minimum Gasteiger partial charge on any atom is -0.303 e. The van der Waals surface area contributed by atoms with Gasteiger partial charge in [-0.1, -0.05) is 30.3 Å². The third kappa shape index (κ3) is 3.11. The lowest BCUT2D eigenvalue weighted by molar-refractivity contribution is -0.123. The van der Waals surface area contributed by atoms with Crippen LogP contribution >= 0.6 is 0 Å². The summed E-state index contributed by atoms with van der Waals surface area (Å²) in [6.07, 6.45) is 1.29. The van der Waals surface area contributed by atoms with Crippen LogP contribution in [0.3, 0.4) is 0 Å². The molecule has 0 unspecified atom stereocenters. The minimum atomic E-state index is -0.595. The molecule has 2 aromatic rings. The van der Waals surface area contributed by atoms with E-state index in [1.807, 2.05) is 0 Å². The van der Waals surface area contributed by atoms with Crippen LogP contribution in [-0.4, -0.2) is 16.8 Å². The summed E-state index contributed by atoms with van der Waals surface area (Å²) in [6.45, 7) is 0.0135. The van der Waals surface area contributed by atoms with Crippen molar-refractivity contribution in [1.82, 2.24) is 10.2 Å². The molecular formula is C17H12F2N2O2. The van der Waals surface area contributed by atoms with E-state index in [-0.39, 0.29) is 17.8 Å². The van der Waals surface area contributed by atoms with Gasteiger partial charge in [0.1, 0.15) is 17.3 Å². The highest BCUT2D eigenvalue weighted by Crippen LogP contribution is 2.18. The van der Waals surface area contributed by atoms with E-state index in [0.29, 0.717) is 5.56 Å². The highest BCUT2D eigenvalue weighted by atomic mass is 19.1. The van der Waals surface area contributed by atoms with Gasteiger partial charge in [0, 0.05) is 5.56 Å². The van der Waals surface area contributed by atoms with Crippen LogP contribution in [0.4, 0.5) is 13.6 Å². The molecule has 2 aromatic carbocycles. The summed E-state index contributed by atoms with van der Waals surface area (Å²) in [5.74, 6) is -1.44. The molecule has 1 fully saturated rings. The Morgan fingerprint density at radius 3 is 2.39 bits per heavy atom. The lowest BCUT2D eigenvalue weighted by atomic mass is 10.1. The summed E-state index contributed by atoms with van der Waals surface area (Å²) in [5, 5.41) is 2.42. The number of hydrogen-bond donors (Lipinski definition) is 1. The Morgan fingerprint density at radius 1 is 1.00 bits per heavy atom. The number of hydrogen-bond acceptors (Lipinski definition) is 2. The number of benzene rings is 2. The van der Waals surface area contributed by atoms with Crippen molar-refractivity contribution < 1.29 is 18.4 Å². The van der Waals surface area contributed by atoms with Crippen LogP contribution in [0.1, 0.15) is 11.1 Å². The molecule has 0 aliphatic carbocycles. The number of halogens is 2. The van der Waals surface area contributed by atoms with Gasteiger partial charge in [0.25, 0.3) is 5.91 Å². The molecule has 1 aliphatic heterocycles. The fourth-order valence-electron chi connectivity index (χ4n) is 2.24. The zero-order valence-corrected chi connectivity index (χ0v) is 11.9. The number of nitrogens with one attached hydrogen (secondary N) is 1. The quantitative estimate of drug-likeness (QED) is 0.699. The van der Waals surface area contributed by atoms with Crippen molar-refractivity contribution in [3.05, 3.63) is 77.0 Å². The number of amides is 3. The van der Waals surface area contributed by atoms with Crippen molar-refractivity contribution >= 4 is 18.0 Å². The Bertz CT molecular complexity index is 800. The molecule has 1 N–H and O–H groups in total. The molecule has 1 aliphatic rings. The smallest absolute Gasteiger partial charge is 0.303 e. The number of carbonyl (C=O) groups is 2. The number of carbonyl (C=O) groups excluding carboxylic acids is 2. The maximum Gasteiger partial charge on any atom is 0.329 e. The molecule has 4 nitrogen and oxygen atoms in total. The second kappa shape index (κ2) is 6.00. The molecule has 0 radical (unpaired) electrons. The second-order valence-electron chi connectivity index (χ2n) is 5.03. The minimum absolute atomic E-state index is 0.00205. The topological polar surface area (TPSA) is 49.4 Å². The fraction of sp³-hybridized carbons (Fsp3) is 0.0588. The van der Waals surface area contributed by atoms with E-state index in [0.717, 1.165) is 4.90 Å². The number of urea groups is 1. The number of imide groups is 1. The summed E-state index contributed by atoms with van der Waals surface area (Å²) in [5.41, 5.74) is 0.823. The molecule has 0 saturated carbocycles. The van der Waals surface area contributed by atoms with Gasteiger partial charge in [-0.05, 0) is 29.8 Å². The van der Waals surface area contributed by atoms with Crippen molar-refractivity contribution in [2.45, 2.75) is 6.54 Å². The second-order valence-corrected chi connectivity index (χ2v) is 5.03. The Hall–Kier alpha value is -3.02. The van der Waals surface area contributed by atoms with Gasteiger partial charge in [-0.25, -0.2) is 13.6 Å². The standard InChI is InChI=1S/C17H12F2N2O2/c18-13-7-5-11(6-8-13)10-21-16(22)15(20-17(21)23)9-12-3-1-2-4-14(12)19/h1-9H,10H2,(H,20,23)/b15-9+. The zero-order valence-electron chi connectivity index (χ0n) is 11.9. The summed E-state index contributed by atoms with van der Waals surface area (Å²) in [6, 6.07) is 10.8. The SMILES string of the molecule is O=C1N/C(=C/c2ccccc2F)C(=O)N1Cc1ccc(F)cc1. The van der Waals surface area contributed by atoms with Gasteiger partial charge in [0.2, 0.25) is 0 Å². The van der Waals surface area contributed by atoms with E-state index < -0.39 is 23.6 Å². The molecule has 116 valence electrons. The lowest BCUT2D eigenvalue weighted by Gasteiger charge is -2.11. The summed E-state index contributed by atoms with van der Waals surface area (Å²) >= 11 is 0. The van der Waals surface area contributed by atoms with Crippen LogP contribution in [0.15, 0.2) is 54.2 Å². The Balaban J connectivity index is 1.82. The molecule has 6 heteroatoms. The van der Waals surface area contributed by atoms with Crippen molar-refractivity contribution in [2.24, 2.45) is 0 Å². The average Bonchev–Trinajstić information content (AvgIpc) is 2.79. The predicted octanol–water partition coefficient (Wildman–Crippen LogP) is 3.06. The molecule has 3 rings (SSSR count). The molecule has 0 atom stereocenters. The third-order valence-electron chi connectivity index (χ3n) is 3.42. The van der Waals surface area contributed by atoms with Gasteiger partial charge in [-0.3, -0.25) is 9.69 Å². The maximum absolute atomic E-state index is 13.6. The summed E-state index contributed by atoms with van der Waals surface area (Å²) in [7, 11) is 0. The zero-order chi connectivity index (χ0) is 16.4. The molecule has 23 heavy (non-hydrogen) atoms. The van der Waals surface area contributed by atoms with Crippen LogP contribution < -0.4 is 5.32 Å². The van der Waals surface area contributed by atoms with Gasteiger partial charge in [0.15, 0.2) is 0 Å². The molecule has 1 heterocycles. The lowest BCUT2D eigenvalue weighted by Crippen LogP contribution is -2.30. The van der Waals surface area contributed by atoms with E-state index in [2.05, 4.69) is 5.32 Å². The van der Waals surface area contributed by atoms with Crippen LogP contribution in [0.25, 0.3) is 6.08 Å². The largest absolute Gasteiger partial charge is 0.329 e. The first-order valence-electron chi connectivity index (χ1n) is 6.88. The van der Waals surface area contributed by atoms with Gasteiger partial charge in [-0.15, -0.1) is 0 Å². The van der Waals surface area contributed by atoms with Crippen LogP contribution in [-0.2, 0) is 11.3 Å². The van der Waals surface area contributed by atoms with Gasteiger partial charge in [0.05, 0.1) is 6.54 Å². The van der Waals surface area contributed by atoms with Crippen molar-refractivity contribution in [3.63, 3.8) is 0 Å². The molecular weight excluding hydrogens is 302 g/mol. The first-order valence-corrected chi connectivity index (χ1v) is 6.88. The van der Waals surface area contributed by atoms with Crippen molar-refractivity contribution in [3.8, 4) is 0 Å². The monoisotopic (exact) mass is 314 g/mol. The van der Waals surface area contributed by atoms with E-state index in [4.69, 9.17) is 0 Å². The third-order valence-corrected chi connectivity index (χ3v) is 3.42. The first kappa shape index (κ1) is 14.9. The van der Waals surface area contributed by atoms with Crippen molar-refractivity contribution in [1.29, 1.82) is 0 Å². The molecule has 3 amide bonds. The van der Waals surface area contributed by atoms with Gasteiger partial charge < -0.3 is 5.32 Å². The average molecular weight is 314 g/mol. The Morgan fingerprint density at radius 2 is 1.70 bits per heavy atom. The maximum atomic E-state index is 13.6. The van der Waals surface area contributed by atoms with E-state index >= 15 is 0 Å². The normalized spacial score (nSPS) is 16.1. The van der Waals surface area contributed by atoms with Crippen LogP contribution in [0.5, 0.6) is 0 Å². The highest BCUT2D eigenvalue weighted by Gasteiger charge is 2.33. The van der Waals surface area contributed by atoms with E-state index in [9.17, 15) is 18.4 Å². The Labute approximate surface area is 131 Å². The fourth-order valence-corrected chi connectivity index (χ4v) is 2.24. The molecule has 1 saturated heterocycles. The molecule has 0 aromatic heterocycles. The van der Waals surface area contributed by atoms with E-state index in [1.165, 1.54) is 48.5 Å². The van der Waals surface area contributed by atoms with Crippen molar-refractivity contribution in [2.75, 3.05) is 0 Å². The van der Waals surface area contributed by atoms with Crippen LogP contribution in [0.2, 0.25) is 0 Å². The number of nitrogens with zero attached hydrogens (tertiary/aromatic N) is 1. The predicted molar refractivity (Wildman–Crippen MR) is 79.9 cm³/mol. The molecule has 0 bridgehead atoms. The summed E-state index contributed by atoms with van der Waals surface area (Å²) < 4.78 is 26.5. The first-order chi connectivity index (χ1) is 11.0. The highest BCUT2D eigenvalue weighted by molar-refractivity contribution is 6.13.